The van der Waals surface area contributed by atoms with Crippen molar-refractivity contribution >= 4 is 54.4 Å². The first-order valence-electron chi connectivity index (χ1n) is 16.0. The molecule has 2 heterocycles. The van der Waals surface area contributed by atoms with E-state index in [0.717, 1.165) is 75.2 Å². The molecule has 0 aliphatic rings. The molecule has 2 aromatic heterocycles. The van der Waals surface area contributed by atoms with Crippen LogP contribution in [-0.2, 0) is 0 Å². The molecule has 0 atom stereocenters. The lowest BCUT2D eigenvalue weighted by Crippen LogP contribution is -2.30. The fraction of sp³-hybridized carbons (Fsp3) is 0.143. The first-order chi connectivity index (χ1) is 22.4. The van der Waals surface area contributed by atoms with Crippen molar-refractivity contribution in [1.29, 1.82) is 0 Å². The predicted octanol–water partition coefficient (Wildman–Crippen LogP) is 10.3. The van der Waals surface area contributed by atoms with E-state index in [4.69, 9.17) is 0 Å². The van der Waals surface area contributed by atoms with Crippen LogP contribution in [-0.4, -0.2) is 0 Å². The van der Waals surface area contributed by atoms with Crippen LogP contribution in [0.4, 0.5) is 0 Å². The van der Waals surface area contributed by atoms with E-state index in [-0.39, 0.29) is 11.8 Å². The molecular formula is C42H34N2O2. The Morgan fingerprint density at radius 3 is 1.26 bits per heavy atom. The Hall–Kier alpha value is -5.48. The quantitative estimate of drug-likeness (QED) is 0.115. The lowest BCUT2D eigenvalue weighted by atomic mass is 9.85. The minimum Gasteiger partial charge on any atom is -0.618 e. The topological polar surface area (TPSA) is 53.9 Å². The molecule has 0 radical (unpaired) electrons. The molecule has 0 aliphatic carbocycles. The van der Waals surface area contributed by atoms with Gasteiger partial charge in [0.2, 0.25) is 22.1 Å². The van der Waals surface area contributed by atoms with Gasteiger partial charge in [-0.25, -0.2) is 0 Å². The van der Waals surface area contributed by atoms with E-state index >= 15 is 0 Å². The summed E-state index contributed by atoms with van der Waals surface area (Å²) in [5, 5.41) is 34.0. The van der Waals surface area contributed by atoms with Crippen LogP contribution in [0.25, 0.3) is 76.6 Å². The molecule has 0 unspecified atom stereocenters. The van der Waals surface area contributed by atoms with Gasteiger partial charge in [0.1, 0.15) is 0 Å². The van der Waals surface area contributed by atoms with Gasteiger partial charge in [0.25, 0.3) is 0 Å². The van der Waals surface area contributed by atoms with Crippen LogP contribution < -0.4 is 9.46 Å². The van der Waals surface area contributed by atoms with Crippen molar-refractivity contribution in [1.82, 2.24) is 0 Å². The Kier molecular flexibility index (Phi) is 6.43. The number of rotatable bonds is 4. The molecule has 224 valence electrons. The summed E-state index contributed by atoms with van der Waals surface area (Å²) in [6.07, 6.45) is 0. The Morgan fingerprint density at radius 1 is 0.435 bits per heavy atom. The summed E-state index contributed by atoms with van der Waals surface area (Å²) >= 11 is 0. The SMILES string of the molecule is CC(C)c1cccc2c(-c3cccc4cccc(-c5c6ccccc6[n+]([O-])c6c(C(C)C)cccc56)c34)c3ccccc3[n+]([O-])c12. The standard InChI is InChI=1S/C42H34N2O2/c1-25(2)28-17-11-21-34-39(30-15-5-7-23-36(30)43(45)41(28)34)32-19-9-13-27-14-10-20-33(38(27)32)40-31-16-6-8-24-37(31)44(46)42-29(26(3)4)18-12-22-35(40)42/h5-26H,1-4H3. The van der Waals surface area contributed by atoms with Gasteiger partial charge in [-0.05, 0) is 58.0 Å². The van der Waals surface area contributed by atoms with Gasteiger partial charge in [-0.3, -0.25) is 0 Å². The number of aromatic nitrogens is 2. The van der Waals surface area contributed by atoms with Gasteiger partial charge in [0, 0.05) is 34.4 Å². The summed E-state index contributed by atoms with van der Waals surface area (Å²) in [7, 11) is 0. The van der Waals surface area contributed by atoms with E-state index in [2.05, 4.69) is 113 Å². The molecule has 0 amide bonds. The molecule has 0 N–H and O–H groups in total. The number of hydrogen-bond acceptors (Lipinski definition) is 2. The van der Waals surface area contributed by atoms with E-state index in [0.29, 0.717) is 22.1 Å². The lowest BCUT2D eigenvalue weighted by Gasteiger charge is -2.20. The molecule has 8 aromatic rings. The number of para-hydroxylation sites is 4. The van der Waals surface area contributed by atoms with Crippen molar-refractivity contribution in [3.8, 4) is 22.3 Å². The lowest BCUT2D eigenvalue weighted by molar-refractivity contribution is -0.548. The van der Waals surface area contributed by atoms with Crippen LogP contribution in [0.15, 0.2) is 121 Å². The second kappa shape index (κ2) is 10.6. The molecule has 0 bridgehead atoms. The van der Waals surface area contributed by atoms with E-state index in [1.165, 1.54) is 0 Å². The van der Waals surface area contributed by atoms with Gasteiger partial charge < -0.3 is 10.4 Å². The minimum atomic E-state index is 0.178. The Morgan fingerprint density at radius 2 is 0.826 bits per heavy atom. The molecule has 46 heavy (non-hydrogen) atoms. The molecule has 8 rings (SSSR count). The maximum absolute atomic E-state index is 14.0. The van der Waals surface area contributed by atoms with E-state index in [1.807, 2.05) is 36.4 Å². The van der Waals surface area contributed by atoms with Crippen molar-refractivity contribution < 1.29 is 9.46 Å². The van der Waals surface area contributed by atoms with Crippen LogP contribution in [0, 0.1) is 10.4 Å². The number of fused-ring (bicyclic) bond motifs is 5. The van der Waals surface area contributed by atoms with Crippen LogP contribution in [0.5, 0.6) is 0 Å². The molecule has 0 aliphatic heterocycles. The molecule has 0 saturated carbocycles. The van der Waals surface area contributed by atoms with Crippen molar-refractivity contribution in [2.75, 3.05) is 0 Å². The fourth-order valence-electron chi connectivity index (χ4n) is 7.50. The third-order valence-electron chi connectivity index (χ3n) is 9.55. The smallest absolute Gasteiger partial charge is 0.228 e. The summed E-state index contributed by atoms with van der Waals surface area (Å²) < 4.78 is 2.24. The van der Waals surface area contributed by atoms with Crippen molar-refractivity contribution in [2.45, 2.75) is 39.5 Å². The Labute approximate surface area is 267 Å². The van der Waals surface area contributed by atoms with E-state index < -0.39 is 0 Å². The summed E-state index contributed by atoms with van der Waals surface area (Å²) in [5.74, 6) is 0.356. The normalized spacial score (nSPS) is 12.0. The first-order valence-corrected chi connectivity index (χ1v) is 16.0. The third kappa shape index (κ3) is 3.99. The largest absolute Gasteiger partial charge is 0.618 e. The zero-order valence-corrected chi connectivity index (χ0v) is 26.4. The molecule has 4 nitrogen and oxygen atoms in total. The zero-order chi connectivity index (χ0) is 31.7. The van der Waals surface area contributed by atoms with Crippen LogP contribution >= 0.6 is 0 Å². The Bertz CT molecular complexity index is 2340. The summed E-state index contributed by atoms with van der Waals surface area (Å²) in [4.78, 5) is 0. The van der Waals surface area contributed by atoms with Gasteiger partial charge in [-0.1, -0.05) is 113 Å². The monoisotopic (exact) mass is 598 g/mol. The van der Waals surface area contributed by atoms with Crippen molar-refractivity contribution in [3.05, 3.63) is 143 Å². The van der Waals surface area contributed by atoms with Crippen molar-refractivity contribution in [3.63, 3.8) is 0 Å². The number of benzene rings is 6. The van der Waals surface area contributed by atoms with Gasteiger partial charge >= 0.3 is 0 Å². The minimum absolute atomic E-state index is 0.178. The number of nitrogens with zero attached hydrogens (tertiary/aromatic N) is 2. The van der Waals surface area contributed by atoms with Crippen LogP contribution in [0.1, 0.15) is 50.7 Å². The number of hydrogen-bond donors (Lipinski definition) is 0. The third-order valence-corrected chi connectivity index (χ3v) is 9.55. The van der Waals surface area contributed by atoms with E-state index in [9.17, 15) is 10.4 Å². The second-order valence-corrected chi connectivity index (χ2v) is 12.9. The predicted molar refractivity (Wildman–Crippen MR) is 191 cm³/mol. The maximum atomic E-state index is 14.0. The highest BCUT2D eigenvalue weighted by Gasteiger charge is 2.26. The zero-order valence-electron chi connectivity index (χ0n) is 26.4. The summed E-state index contributed by atoms with van der Waals surface area (Å²) in [6.45, 7) is 8.55. The highest BCUT2D eigenvalue weighted by Crippen LogP contribution is 2.45. The summed E-state index contributed by atoms with van der Waals surface area (Å²) in [6, 6.07) is 41.2. The van der Waals surface area contributed by atoms with Crippen LogP contribution in [0.3, 0.4) is 0 Å². The van der Waals surface area contributed by atoms with Gasteiger partial charge in [-0.2, -0.15) is 9.46 Å². The fourth-order valence-corrected chi connectivity index (χ4v) is 7.50. The molecule has 6 aromatic carbocycles. The summed E-state index contributed by atoms with van der Waals surface area (Å²) in [5.41, 5.74) is 9.00. The van der Waals surface area contributed by atoms with Crippen LogP contribution in [0.2, 0.25) is 0 Å². The molecule has 0 spiro atoms. The van der Waals surface area contributed by atoms with Crippen molar-refractivity contribution in [2.24, 2.45) is 0 Å². The van der Waals surface area contributed by atoms with Gasteiger partial charge in [-0.15, -0.1) is 0 Å². The molecule has 0 saturated heterocycles. The van der Waals surface area contributed by atoms with E-state index in [1.54, 1.807) is 0 Å². The highest BCUT2D eigenvalue weighted by molar-refractivity contribution is 6.20. The average molecular weight is 599 g/mol. The Balaban J connectivity index is 1.60. The maximum Gasteiger partial charge on any atom is 0.228 e. The average Bonchev–Trinajstić information content (AvgIpc) is 3.08. The number of pyridine rings is 2. The first kappa shape index (κ1) is 28.0. The molecular weight excluding hydrogens is 564 g/mol. The molecule has 4 heteroatoms. The van der Waals surface area contributed by atoms with Gasteiger partial charge in [0.05, 0.1) is 21.5 Å². The molecule has 0 fully saturated rings. The second-order valence-electron chi connectivity index (χ2n) is 12.9. The highest BCUT2D eigenvalue weighted by atomic mass is 16.5. The van der Waals surface area contributed by atoms with Gasteiger partial charge in [0.15, 0.2) is 0 Å².